The summed E-state index contributed by atoms with van der Waals surface area (Å²) in [6, 6.07) is 22.5. The van der Waals surface area contributed by atoms with Crippen molar-refractivity contribution in [1.29, 1.82) is 0 Å². The molecule has 3 aromatic rings. The number of hydrogen-bond donors (Lipinski definition) is 3. The Hall–Kier alpha value is -2.76. The van der Waals surface area contributed by atoms with E-state index < -0.39 is 0 Å². The molecule has 154 valence electrons. The third-order valence-electron chi connectivity index (χ3n) is 5.34. The van der Waals surface area contributed by atoms with Crippen LogP contribution < -0.4 is 15.4 Å². The van der Waals surface area contributed by atoms with E-state index in [1.807, 2.05) is 19.1 Å². The Bertz CT molecular complexity index is 1050. The molecule has 2 unspecified atom stereocenters. The van der Waals surface area contributed by atoms with Crippen LogP contribution in [0.4, 0.5) is 0 Å². The number of phenols is 1. The zero-order valence-electron chi connectivity index (χ0n) is 17.1. The molecule has 0 spiro atoms. The van der Waals surface area contributed by atoms with Crippen LogP contribution in [-0.4, -0.2) is 11.7 Å². The van der Waals surface area contributed by atoms with Gasteiger partial charge in [-0.15, -0.1) is 0 Å². The zero-order chi connectivity index (χ0) is 21.1. The Morgan fingerprint density at radius 2 is 1.77 bits per heavy atom. The van der Waals surface area contributed by atoms with Gasteiger partial charge >= 0.3 is 0 Å². The molecule has 0 saturated carbocycles. The van der Waals surface area contributed by atoms with Gasteiger partial charge in [0.15, 0.2) is 17.7 Å². The van der Waals surface area contributed by atoms with Crippen molar-refractivity contribution in [3.8, 4) is 11.5 Å². The highest BCUT2D eigenvalue weighted by Gasteiger charge is 2.30. The number of nitrogens with one attached hydrogen (secondary N) is 1. The number of nitrogens with two attached hydrogens (primary N) is 1. The topological polar surface area (TPSA) is 58.1 Å². The zero-order valence-corrected chi connectivity index (χ0v) is 18.7. The Morgan fingerprint density at radius 3 is 2.47 bits per heavy atom. The first-order chi connectivity index (χ1) is 14.5. The molecule has 1 heterocycles. The second-order valence-electron chi connectivity index (χ2n) is 7.47. The van der Waals surface area contributed by atoms with Crippen molar-refractivity contribution >= 4 is 21.6 Å². The fourth-order valence-corrected chi connectivity index (χ4v) is 4.02. The van der Waals surface area contributed by atoms with Gasteiger partial charge < -0.3 is 20.5 Å². The van der Waals surface area contributed by atoms with Crippen LogP contribution in [0.25, 0.3) is 5.70 Å². The number of benzene rings is 3. The fraction of sp³-hybridized carbons (Fsp3) is 0.200. The summed E-state index contributed by atoms with van der Waals surface area (Å²) in [6.45, 7) is 4.52. The van der Waals surface area contributed by atoms with Crippen LogP contribution in [0.1, 0.15) is 41.4 Å². The van der Waals surface area contributed by atoms with E-state index in [4.69, 9.17) is 4.74 Å². The lowest BCUT2D eigenvalue weighted by Crippen LogP contribution is -2.89. The normalized spacial score (nSPS) is 18.4. The molecule has 4 rings (SSSR count). The minimum absolute atomic E-state index is 0.0135. The molecule has 30 heavy (non-hydrogen) atoms. The smallest absolute Gasteiger partial charge is 0.186 e. The van der Waals surface area contributed by atoms with E-state index in [1.54, 1.807) is 6.07 Å². The lowest BCUT2D eigenvalue weighted by molar-refractivity contribution is -0.731. The summed E-state index contributed by atoms with van der Waals surface area (Å²) in [6.07, 6.45) is 2.18. The van der Waals surface area contributed by atoms with E-state index in [-0.39, 0.29) is 18.0 Å². The van der Waals surface area contributed by atoms with Crippen molar-refractivity contribution in [2.24, 2.45) is 0 Å². The third-order valence-corrected chi connectivity index (χ3v) is 5.87. The van der Waals surface area contributed by atoms with Crippen LogP contribution >= 0.6 is 15.9 Å². The van der Waals surface area contributed by atoms with Gasteiger partial charge in [0, 0.05) is 21.8 Å². The Labute approximate surface area is 185 Å². The van der Waals surface area contributed by atoms with Gasteiger partial charge in [-0.25, -0.2) is 0 Å². The largest absolute Gasteiger partial charge is 0.504 e. The highest BCUT2D eigenvalue weighted by Crippen LogP contribution is 2.35. The molecular weight excluding hydrogens is 440 g/mol. The summed E-state index contributed by atoms with van der Waals surface area (Å²) >= 11 is 3.52. The minimum Gasteiger partial charge on any atom is -0.504 e. The van der Waals surface area contributed by atoms with Crippen LogP contribution in [0.15, 0.2) is 77.3 Å². The molecule has 1 aliphatic heterocycles. The molecule has 4 nitrogen and oxygen atoms in total. The van der Waals surface area contributed by atoms with Gasteiger partial charge in [0.2, 0.25) is 0 Å². The van der Waals surface area contributed by atoms with Gasteiger partial charge in [-0.2, -0.15) is 0 Å². The Balaban J connectivity index is 1.75. The highest BCUT2D eigenvalue weighted by molar-refractivity contribution is 9.10. The fourth-order valence-electron chi connectivity index (χ4n) is 3.76. The van der Waals surface area contributed by atoms with Crippen molar-refractivity contribution in [2.45, 2.75) is 26.1 Å². The van der Waals surface area contributed by atoms with Gasteiger partial charge in [0.25, 0.3) is 0 Å². The molecule has 0 radical (unpaired) electrons. The first-order valence-corrected chi connectivity index (χ1v) is 10.9. The molecular formula is C25H26BrN2O2+. The quantitative estimate of drug-likeness (QED) is 0.506. The molecule has 0 aliphatic carbocycles. The van der Waals surface area contributed by atoms with Crippen molar-refractivity contribution in [3.05, 3.63) is 99.5 Å². The number of rotatable bonds is 5. The van der Waals surface area contributed by atoms with Gasteiger partial charge in [-0.05, 0) is 55.8 Å². The Morgan fingerprint density at radius 1 is 1.03 bits per heavy atom. The molecule has 0 bridgehead atoms. The van der Waals surface area contributed by atoms with Gasteiger partial charge in [-0.3, -0.25) is 0 Å². The summed E-state index contributed by atoms with van der Waals surface area (Å²) in [4.78, 5) is 0. The second-order valence-corrected chi connectivity index (χ2v) is 8.38. The van der Waals surface area contributed by atoms with Crippen LogP contribution in [0.2, 0.25) is 0 Å². The summed E-state index contributed by atoms with van der Waals surface area (Å²) in [5, 5.41) is 16.7. The number of halogens is 1. The molecule has 0 amide bonds. The molecule has 2 atom stereocenters. The lowest BCUT2D eigenvalue weighted by atomic mass is 9.97. The summed E-state index contributed by atoms with van der Waals surface area (Å²) in [5.41, 5.74) is 5.42. The Kier molecular flexibility index (Phi) is 6.11. The first-order valence-electron chi connectivity index (χ1n) is 10.2. The second kappa shape index (κ2) is 8.94. The third kappa shape index (κ3) is 4.37. The van der Waals surface area contributed by atoms with E-state index in [0.29, 0.717) is 12.4 Å². The maximum absolute atomic E-state index is 10.9. The van der Waals surface area contributed by atoms with E-state index in [1.165, 1.54) is 11.1 Å². The molecule has 5 heteroatoms. The van der Waals surface area contributed by atoms with Gasteiger partial charge in [-0.1, -0.05) is 51.8 Å². The van der Waals surface area contributed by atoms with Crippen molar-refractivity contribution < 1.29 is 15.2 Å². The number of phenolic OH excluding ortho intramolecular Hbond substituents is 1. The monoisotopic (exact) mass is 465 g/mol. The maximum Gasteiger partial charge on any atom is 0.186 e. The standard InChI is InChI=1S/C25H25BrN2O2/c1-3-30-23-6-4-5-20(24(23)29)22-15-21(17-9-7-16(2)8-10-17)27-25(28-22)18-11-13-19(26)14-12-18/h4-15,22,25,27-29H,3H2,1-2H3/p+1. The van der Waals surface area contributed by atoms with Crippen LogP contribution in [0.3, 0.4) is 0 Å². The number of quaternary nitrogens is 1. The number of aryl methyl sites for hydroxylation is 1. The summed E-state index contributed by atoms with van der Waals surface area (Å²) in [5.74, 6) is 0.726. The number of para-hydroxylation sites is 1. The SMILES string of the molecule is CCOc1cccc(C2C=C(c3ccc(C)cc3)NC(c3ccc(Br)cc3)[NH2+]2)c1O. The molecule has 4 N–H and O–H groups in total. The molecule has 1 aliphatic rings. The maximum atomic E-state index is 10.9. The highest BCUT2D eigenvalue weighted by atomic mass is 79.9. The minimum atomic E-state index is -0.0587. The number of aromatic hydroxyl groups is 1. The van der Waals surface area contributed by atoms with E-state index in [0.717, 1.165) is 21.3 Å². The van der Waals surface area contributed by atoms with Crippen LogP contribution in [0, 0.1) is 6.92 Å². The van der Waals surface area contributed by atoms with E-state index in [2.05, 4.69) is 88.1 Å². The average Bonchev–Trinajstić information content (AvgIpc) is 2.76. The molecule has 0 aromatic heterocycles. The predicted octanol–water partition coefficient (Wildman–Crippen LogP) is 4.81. The van der Waals surface area contributed by atoms with Crippen molar-refractivity contribution in [3.63, 3.8) is 0 Å². The predicted molar refractivity (Wildman–Crippen MR) is 123 cm³/mol. The van der Waals surface area contributed by atoms with Gasteiger partial charge in [0.1, 0.15) is 6.04 Å². The first kappa shape index (κ1) is 20.5. The van der Waals surface area contributed by atoms with Crippen LogP contribution in [-0.2, 0) is 0 Å². The van der Waals surface area contributed by atoms with E-state index >= 15 is 0 Å². The van der Waals surface area contributed by atoms with Crippen molar-refractivity contribution in [1.82, 2.24) is 5.32 Å². The van der Waals surface area contributed by atoms with E-state index in [9.17, 15) is 5.11 Å². The van der Waals surface area contributed by atoms with Gasteiger partial charge in [0.05, 0.1) is 12.2 Å². The summed E-state index contributed by atoms with van der Waals surface area (Å²) in [7, 11) is 0. The molecule has 0 saturated heterocycles. The molecule has 3 aromatic carbocycles. The average molecular weight is 466 g/mol. The molecule has 0 fully saturated rings. The summed E-state index contributed by atoms with van der Waals surface area (Å²) < 4.78 is 6.66. The number of ether oxygens (including phenoxy) is 1. The van der Waals surface area contributed by atoms with Crippen LogP contribution in [0.5, 0.6) is 11.5 Å². The lowest BCUT2D eigenvalue weighted by Gasteiger charge is -2.30. The number of hydrogen-bond acceptors (Lipinski definition) is 3. The van der Waals surface area contributed by atoms with Crippen molar-refractivity contribution in [2.75, 3.05) is 6.61 Å².